The summed E-state index contributed by atoms with van der Waals surface area (Å²) in [4.78, 5) is 16.3. The Balaban J connectivity index is 2.53. The van der Waals surface area contributed by atoms with Crippen LogP contribution in [0.25, 0.3) is 0 Å². The van der Waals surface area contributed by atoms with Crippen LogP contribution < -0.4 is 10.6 Å². The number of carbonyl (C=O) groups excluding carboxylic acids is 1. The Hall–Kier alpha value is -1.29. The predicted octanol–water partition coefficient (Wildman–Crippen LogP) is 0.962. The molecule has 0 aliphatic heterocycles. The van der Waals surface area contributed by atoms with E-state index in [9.17, 15) is 4.79 Å². The maximum absolute atomic E-state index is 11.7. The average Bonchev–Trinajstić information content (AvgIpc) is 2.69. The topological polar surface area (TPSA) is 62.1 Å². The van der Waals surface area contributed by atoms with E-state index in [1.165, 1.54) is 0 Å². The monoisotopic (exact) mass is 195 g/mol. The SMILES string of the molecule is CC(CN)CC(=O)N(C)c1ccc[nH]1. The van der Waals surface area contributed by atoms with Crippen LogP contribution in [0.2, 0.25) is 0 Å². The van der Waals surface area contributed by atoms with Gasteiger partial charge in [0.2, 0.25) is 5.91 Å². The zero-order valence-corrected chi connectivity index (χ0v) is 8.66. The molecule has 0 saturated heterocycles. The molecule has 1 atom stereocenters. The third-order valence-corrected chi connectivity index (χ3v) is 2.24. The zero-order chi connectivity index (χ0) is 10.6. The molecule has 0 aliphatic carbocycles. The summed E-state index contributed by atoms with van der Waals surface area (Å²) in [7, 11) is 1.76. The maximum Gasteiger partial charge on any atom is 0.228 e. The molecule has 0 saturated carbocycles. The Bertz CT molecular complexity index is 282. The molecule has 78 valence electrons. The van der Waals surface area contributed by atoms with E-state index in [0.717, 1.165) is 5.82 Å². The molecule has 1 rings (SSSR count). The van der Waals surface area contributed by atoms with Gasteiger partial charge >= 0.3 is 0 Å². The van der Waals surface area contributed by atoms with E-state index >= 15 is 0 Å². The number of H-pyrrole nitrogens is 1. The van der Waals surface area contributed by atoms with E-state index in [4.69, 9.17) is 5.73 Å². The first-order valence-corrected chi connectivity index (χ1v) is 4.75. The molecule has 0 fully saturated rings. The number of aromatic nitrogens is 1. The van der Waals surface area contributed by atoms with Gasteiger partial charge in [0.1, 0.15) is 5.82 Å². The average molecular weight is 195 g/mol. The van der Waals surface area contributed by atoms with Gasteiger partial charge in [0.15, 0.2) is 0 Å². The molecule has 1 heterocycles. The van der Waals surface area contributed by atoms with Crippen molar-refractivity contribution in [2.45, 2.75) is 13.3 Å². The lowest BCUT2D eigenvalue weighted by atomic mass is 10.1. The number of nitrogens with zero attached hydrogens (tertiary/aromatic N) is 1. The minimum absolute atomic E-state index is 0.0883. The van der Waals surface area contributed by atoms with Crippen LogP contribution in [0.4, 0.5) is 5.82 Å². The Morgan fingerprint density at radius 3 is 2.93 bits per heavy atom. The number of hydrogen-bond donors (Lipinski definition) is 2. The van der Waals surface area contributed by atoms with Crippen LogP contribution in [0.15, 0.2) is 18.3 Å². The Morgan fingerprint density at radius 1 is 1.71 bits per heavy atom. The molecule has 0 aromatic carbocycles. The van der Waals surface area contributed by atoms with Crippen LogP contribution in [0.5, 0.6) is 0 Å². The summed E-state index contributed by atoms with van der Waals surface area (Å²) in [6, 6.07) is 3.73. The van der Waals surface area contributed by atoms with Gasteiger partial charge in [-0.05, 0) is 24.6 Å². The fourth-order valence-corrected chi connectivity index (χ4v) is 1.18. The second kappa shape index (κ2) is 4.81. The van der Waals surface area contributed by atoms with Crippen LogP contribution in [0.3, 0.4) is 0 Å². The quantitative estimate of drug-likeness (QED) is 0.751. The van der Waals surface area contributed by atoms with Gasteiger partial charge in [0.05, 0.1) is 0 Å². The molecule has 1 unspecified atom stereocenters. The van der Waals surface area contributed by atoms with Gasteiger partial charge in [-0.15, -0.1) is 0 Å². The smallest absolute Gasteiger partial charge is 0.228 e. The van der Waals surface area contributed by atoms with Gasteiger partial charge in [-0.2, -0.15) is 0 Å². The summed E-state index contributed by atoms with van der Waals surface area (Å²) in [5, 5.41) is 0. The fourth-order valence-electron chi connectivity index (χ4n) is 1.18. The number of aromatic amines is 1. The summed E-state index contributed by atoms with van der Waals surface area (Å²) in [6.07, 6.45) is 2.29. The molecule has 4 heteroatoms. The summed E-state index contributed by atoms with van der Waals surface area (Å²) in [5.41, 5.74) is 5.46. The molecular formula is C10H17N3O. The number of nitrogens with two attached hydrogens (primary N) is 1. The molecule has 4 nitrogen and oxygen atoms in total. The number of hydrogen-bond acceptors (Lipinski definition) is 2. The molecule has 3 N–H and O–H groups in total. The van der Waals surface area contributed by atoms with Crippen molar-refractivity contribution >= 4 is 11.7 Å². The second-order valence-electron chi connectivity index (χ2n) is 3.55. The fraction of sp³-hybridized carbons (Fsp3) is 0.500. The standard InChI is InChI=1S/C10H17N3O/c1-8(7-11)6-10(14)13(2)9-4-3-5-12-9/h3-5,8,12H,6-7,11H2,1-2H3. The summed E-state index contributed by atoms with van der Waals surface area (Å²) in [6.45, 7) is 2.52. The summed E-state index contributed by atoms with van der Waals surface area (Å²) in [5.74, 6) is 1.14. The first-order chi connectivity index (χ1) is 6.65. The van der Waals surface area contributed by atoms with E-state index in [0.29, 0.717) is 13.0 Å². The first kappa shape index (κ1) is 10.8. The largest absolute Gasteiger partial charge is 0.348 e. The highest BCUT2D eigenvalue weighted by molar-refractivity contribution is 5.91. The van der Waals surface area contributed by atoms with Crippen LogP contribution in [-0.2, 0) is 4.79 Å². The molecule has 0 radical (unpaired) electrons. The van der Waals surface area contributed by atoms with Gasteiger partial charge in [-0.1, -0.05) is 6.92 Å². The van der Waals surface area contributed by atoms with E-state index < -0.39 is 0 Å². The molecular weight excluding hydrogens is 178 g/mol. The van der Waals surface area contributed by atoms with E-state index in [2.05, 4.69) is 4.98 Å². The zero-order valence-electron chi connectivity index (χ0n) is 8.66. The second-order valence-corrected chi connectivity index (χ2v) is 3.55. The minimum Gasteiger partial charge on any atom is -0.348 e. The number of anilines is 1. The van der Waals surface area contributed by atoms with Crippen molar-refractivity contribution in [2.75, 3.05) is 18.5 Å². The molecule has 0 aliphatic rings. The number of carbonyl (C=O) groups is 1. The minimum atomic E-state index is 0.0883. The number of amides is 1. The highest BCUT2D eigenvalue weighted by Gasteiger charge is 2.13. The van der Waals surface area contributed by atoms with Crippen LogP contribution in [-0.4, -0.2) is 24.5 Å². The Morgan fingerprint density at radius 2 is 2.43 bits per heavy atom. The Kier molecular flexibility index (Phi) is 3.71. The molecule has 0 bridgehead atoms. The number of rotatable bonds is 4. The van der Waals surface area contributed by atoms with Crippen molar-refractivity contribution in [1.29, 1.82) is 0 Å². The van der Waals surface area contributed by atoms with E-state index in [1.807, 2.05) is 19.1 Å². The maximum atomic E-state index is 11.7. The lowest BCUT2D eigenvalue weighted by molar-refractivity contribution is -0.119. The van der Waals surface area contributed by atoms with Crippen LogP contribution in [0, 0.1) is 5.92 Å². The third-order valence-electron chi connectivity index (χ3n) is 2.24. The first-order valence-electron chi connectivity index (χ1n) is 4.75. The van der Waals surface area contributed by atoms with Crippen molar-refractivity contribution in [3.8, 4) is 0 Å². The van der Waals surface area contributed by atoms with Gasteiger partial charge < -0.3 is 15.6 Å². The predicted molar refractivity (Wildman–Crippen MR) is 57.0 cm³/mol. The van der Waals surface area contributed by atoms with E-state index in [-0.39, 0.29) is 11.8 Å². The van der Waals surface area contributed by atoms with Gasteiger partial charge in [0, 0.05) is 19.7 Å². The highest BCUT2D eigenvalue weighted by Crippen LogP contribution is 2.11. The van der Waals surface area contributed by atoms with Crippen LogP contribution in [0.1, 0.15) is 13.3 Å². The van der Waals surface area contributed by atoms with Crippen LogP contribution >= 0.6 is 0 Å². The molecule has 0 spiro atoms. The van der Waals surface area contributed by atoms with Crippen molar-refractivity contribution in [3.63, 3.8) is 0 Å². The lowest BCUT2D eigenvalue weighted by Gasteiger charge is -2.17. The Labute approximate surface area is 84.1 Å². The van der Waals surface area contributed by atoms with Gasteiger partial charge in [-0.25, -0.2) is 0 Å². The normalized spacial score (nSPS) is 12.5. The molecule has 14 heavy (non-hydrogen) atoms. The van der Waals surface area contributed by atoms with Crippen molar-refractivity contribution in [3.05, 3.63) is 18.3 Å². The van der Waals surface area contributed by atoms with Crippen molar-refractivity contribution in [2.24, 2.45) is 11.7 Å². The highest BCUT2D eigenvalue weighted by atomic mass is 16.2. The molecule has 1 amide bonds. The summed E-state index contributed by atoms with van der Waals surface area (Å²) < 4.78 is 0. The third kappa shape index (κ3) is 2.60. The molecule has 1 aromatic rings. The van der Waals surface area contributed by atoms with Gasteiger partial charge in [0.25, 0.3) is 0 Å². The number of nitrogens with one attached hydrogen (secondary N) is 1. The van der Waals surface area contributed by atoms with Gasteiger partial charge in [-0.3, -0.25) is 4.79 Å². The lowest BCUT2D eigenvalue weighted by Crippen LogP contribution is -2.29. The van der Waals surface area contributed by atoms with Crippen molar-refractivity contribution < 1.29 is 4.79 Å². The molecule has 1 aromatic heterocycles. The summed E-state index contributed by atoms with van der Waals surface area (Å²) >= 11 is 0. The van der Waals surface area contributed by atoms with Crippen molar-refractivity contribution in [1.82, 2.24) is 4.98 Å². The van der Waals surface area contributed by atoms with E-state index in [1.54, 1.807) is 18.1 Å².